The summed E-state index contributed by atoms with van der Waals surface area (Å²) in [5.74, 6) is 0.526. The van der Waals surface area contributed by atoms with Gasteiger partial charge in [0.25, 0.3) is 11.5 Å². The normalized spacial score (nSPS) is 13.5. The van der Waals surface area contributed by atoms with Crippen LogP contribution in [0.3, 0.4) is 0 Å². The third-order valence-electron chi connectivity index (χ3n) is 5.95. The zero-order valence-corrected chi connectivity index (χ0v) is 18.7. The summed E-state index contributed by atoms with van der Waals surface area (Å²) >= 11 is 5.15. The van der Waals surface area contributed by atoms with Crippen molar-refractivity contribution in [1.82, 2.24) is 24.3 Å². The van der Waals surface area contributed by atoms with Gasteiger partial charge in [-0.25, -0.2) is 4.39 Å². The molecule has 2 aromatic carbocycles. The first-order chi connectivity index (χ1) is 15.9. The lowest BCUT2D eigenvalue weighted by molar-refractivity contribution is 0.102. The molecule has 168 valence electrons. The lowest BCUT2D eigenvalue weighted by Crippen LogP contribution is -2.19. The molecule has 0 saturated carbocycles. The second kappa shape index (κ2) is 8.36. The summed E-state index contributed by atoms with van der Waals surface area (Å²) in [6, 6.07) is 9.12. The maximum atomic E-state index is 14.6. The van der Waals surface area contributed by atoms with Crippen LogP contribution in [0.2, 0.25) is 0 Å². The van der Waals surface area contributed by atoms with Gasteiger partial charge in [0.2, 0.25) is 0 Å². The van der Waals surface area contributed by atoms with E-state index in [1.165, 1.54) is 22.8 Å². The van der Waals surface area contributed by atoms with Crippen molar-refractivity contribution in [1.29, 1.82) is 0 Å². The summed E-state index contributed by atoms with van der Waals surface area (Å²) in [5, 5.41) is 11.6. The van der Waals surface area contributed by atoms with Crippen molar-refractivity contribution in [2.45, 2.75) is 32.2 Å². The molecule has 8 nitrogen and oxygen atoms in total. The molecule has 0 fully saturated rings. The number of aryl methyl sites for hydroxylation is 1. The summed E-state index contributed by atoms with van der Waals surface area (Å²) in [4.78, 5) is 28.2. The summed E-state index contributed by atoms with van der Waals surface area (Å²) in [7, 11) is 1.57. The van der Waals surface area contributed by atoms with Crippen LogP contribution in [-0.4, -0.2) is 30.2 Å². The van der Waals surface area contributed by atoms with Crippen LogP contribution in [0.25, 0.3) is 22.3 Å². The number of rotatable bonds is 3. The highest BCUT2D eigenvalue weighted by molar-refractivity contribution is 7.71. The zero-order chi connectivity index (χ0) is 23.1. The fourth-order valence-corrected chi connectivity index (χ4v) is 4.29. The molecule has 0 radical (unpaired) electrons. The monoisotopic (exact) mass is 464 g/mol. The van der Waals surface area contributed by atoms with Gasteiger partial charge in [-0.2, -0.15) is 0 Å². The number of H-pyrrole nitrogens is 1. The van der Waals surface area contributed by atoms with Gasteiger partial charge in [-0.15, -0.1) is 10.2 Å². The molecule has 0 atom stereocenters. The fourth-order valence-electron chi connectivity index (χ4n) is 4.10. The first-order valence-electron chi connectivity index (χ1n) is 10.7. The second-order valence-electron chi connectivity index (χ2n) is 8.11. The Labute approximate surface area is 193 Å². The van der Waals surface area contributed by atoms with Crippen molar-refractivity contribution in [3.05, 3.63) is 68.7 Å². The van der Waals surface area contributed by atoms with Gasteiger partial charge >= 0.3 is 0 Å². The Bertz CT molecular complexity index is 1520. The quantitative estimate of drug-likeness (QED) is 0.447. The Morgan fingerprint density at radius 3 is 2.85 bits per heavy atom. The maximum absolute atomic E-state index is 14.6. The molecule has 33 heavy (non-hydrogen) atoms. The zero-order valence-electron chi connectivity index (χ0n) is 17.9. The SMILES string of the molecule is Cn1c(=S)[nH]c2cc(C(=O)Nc3cc(-c4nnc5n4CCCCC5)ccc3F)ccc2c1=O. The fraction of sp³-hybridized carbons (Fsp3) is 0.261. The second-order valence-corrected chi connectivity index (χ2v) is 8.49. The largest absolute Gasteiger partial charge is 0.332 e. The van der Waals surface area contributed by atoms with E-state index >= 15 is 0 Å². The average Bonchev–Trinajstić information content (AvgIpc) is 3.06. The number of aromatic amines is 1. The van der Waals surface area contributed by atoms with Crippen molar-refractivity contribution < 1.29 is 9.18 Å². The molecule has 0 spiro atoms. The third-order valence-corrected chi connectivity index (χ3v) is 6.32. The van der Waals surface area contributed by atoms with E-state index in [0.29, 0.717) is 22.3 Å². The number of nitrogens with one attached hydrogen (secondary N) is 2. The minimum Gasteiger partial charge on any atom is -0.332 e. The first kappa shape index (κ1) is 21.2. The van der Waals surface area contributed by atoms with E-state index in [4.69, 9.17) is 12.2 Å². The van der Waals surface area contributed by atoms with Gasteiger partial charge in [0.1, 0.15) is 11.6 Å². The Kier molecular flexibility index (Phi) is 5.37. The van der Waals surface area contributed by atoms with E-state index in [1.54, 1.807) is 25.2 Å². The summed E-state index contributed by atoms with van der Waals surface area (Å²) in [6.07, 6.45) is 4.11. The molecule has 5 rings (SSSR count). The highest BCUT2D eigenvalue weighted by Crippen LogP contribution is 2.27. The molecule has 0 aliphatic carbocycles. The number of amides is 1. The number of halogens is 1. The van der Waals surface area contributed by atoms with E-state index in [9.17, 15) is 14.0 Å². The Hall–Kier alpha value is -3.66. The summed E-state index contributed by atoms with van der Waals surface area (Å²) in [5.41, 5.74) is 1.17. The first-order valence-corrected chi connectivity index (χ1v) is 11.1. The molecule has 2 aromatic heterocycles. The predicted octanol–water partition coefficient (Wildman–Crippen LogP) is 3.97. The molecule has 1 aliphatic heterocycles. The van der Waals surface area contributed by atoms with Crippen LogP contribution >= 0.6 is 12.2 Å². The molecular weight excluding hydrogens is 443 g/mol. The smallest absolute Gasteiger partial charge is 0.261 e. The average molecular weight is 465 g/mol. The number of carbonyl (C=O) groups excluding carboxylic acids is 1. The van der Waals surface area contributed by atoms with Gasteiger partial charge in [-0.05, 0) is 61.5 Å². The third kappa shape index (κ3) is 3.86. The number of hydrogen-bond acceptors (Lipinski definition) is 5. The van der Waals surface area contributed by atoms with E-state index in [2.05, 4.69) is 25.1 Å². The van der Waals surface area contributed by atoms with Crippen LogP contribution in [0.4, 0.5) is 10.1 Å². The molecule has 0 saturated heterocycles. The van der Waals surface area contributed by atoms with Crippen molar-refractivity contribution in [3.8, 4) is 11.4 Å². The van der Waals surface area contributed by atoms with E-state index in [-0.39, 0.29) is 21.6 Å². The van der Waals surface area contributed by atoms with Crippen LogP contribution in [0, 0.1) is 10.6 Å². The van der Waals surface area contributed by atoms with Gasteiger partial charge in [-0.1, -0.05) is 6.42 Å². The van der Waals surface area contributed by atoms with E-state index in [0.717, 1.165) is 38.1 Å². The van der Waals surface area contributed by atoms with Crippen molar-refractivity contribution in [3.63, 3.8) is 0 Å². The van der Waals surface area contributed by atoms with Crippen molar-refractivity contribution in [2.75, 3.05) is 5.32 Å². The number of carbonyl (C=O) groups is 1. The number of fused-ring (bicyclic) bond motifs is 2. The minimum atomic E-state index is -0.559. The van der Waals surface area contributed by atoms with Gasteiger partial charge in [0, 0.05) is 31.1 Å². The van der Waals surface area contributed by atoms with Crippen LogP contribution in [0.15, 0.2) is 41.2 Å². The number of anilines is 1. The number of aromatic nitrogens is 5. The highest BCUT2D eigenvalue weighted by atomic mass is 32.1. The maximum Gasteiger partial charge on any atom is 0.261 e. The molecule has 1 amide bonds. The van der Waals surface area contributed by atoms with Gasteiger partial charge in [-0.3, -0.25) is 14.2 Å². The molecule has 0 bridgehead atoms. The Morgan fingerprint density at radius 2 is 2.00 bits per heavy atom. The lowest BCUT2D eigenvalue weighted by atomic mass is 10.1. The topological polar surface area (TPSA) is 97.6 Å². The molecular formula is C23H21FN6O2S. The van der Waals surface area contributed by atoms with Crippen LogP contribution < -0.4 is 10.9 Å². The van der Waals surface area contributed by atoms with Crippen LogP contribution in [0.5, 0.6) is 0 Å². The van der Waals surface area contributed by atoms with Gasteiger partial charge < -0.3 is 14.9 Å². The van der Waals surface area contributed by atoms with E-state index < -0.39 is 11.7 Å². The molecule has 3 heterocycles. The molecule has 10 heteroatoms. The van der Waals surface area contributed by atoms with Gasteiger partial charge in [0.05, 0.1) is 16.6 Å². The standard InChI is InChI=1S/C23H21FN6O2S/c1-29-22(32)15-8-6-14(12-17(15)26-23(29)33)21(31)25-18-11-13(7-9-16(18)24)20-28-27-19-5-3-2-4-10-30(19)20/h6-9,11-12H,2-5,10H2,1H3,(H,25,31)(H,26,33). The Morgan fingerprint density at radius 1 is 1.15 bits per heavy atom. The summed E-state index contributed by atoms with van der Waals surface area (Å²) < 4.78 is 18.2. The summed E-state index contributed by atoms with van der Waals surface area (Å²) in [6.45, 7) is 0.814. The number of benzene rings is 2. The molecule has 2 N–H and O–H groups in total. The predicted molar refractivity (Wildman–Crippen MR) is 125 cm³/mol. The van der Waals surface area contributed by atoms with Crippen molar-refractivity contribution >= 4 is 34.7 Å². The van der Waals surface area contributed by atoms with Gasteiger partial charge in [0.15, 0.2) is 10.6 Å². The van der Waals surface area contributed by atoms with Crippen LogP contribution in [0.1, 0.15) is 35.4 Å². The number of hydrogen-bond donors (Lipinski definition) is 2. The van der Waals surface area contributed by atoms with Crippen molar-refractivity contribution in [2.24, 2.45) is 7.05 Å². The molecule has 4 aromatic rings. The molecule has 0 unspecified atom stereocenters. The highest BCUT2D eigenvalue weighted by Gasteiger charge is 2.18. The van der Waals surface area contributed by atoms with Crippen LogP contribution in [-0.2, 0) is 20.0 Å². The lowest BCUT2D eigenvalue weighted by Gasteiger charge is -2.11. The minimum absolute atomic E-state index is 0.0421. The number of nitrogens with zero attached hydrogens (tertiary/aromatic N) is 4. The van der Waals surface area contributed by atoms with E-state index in [1.807, 2.05) is 0 Å². The molecule has 1 aliphatic rings. The Balaban J connectivity index is 1.47.